The number of hydrogen-bond donors (Lipinski definition) is 2. The fraction of sp³-hybridized carbons (Fsp3) is 0.211. The molecule has 0 radical (unpaired) electrons. The fourth-order valence-electron chi connectivity index (χ4n) is 2.81. The molecule has 1 aliphatic rings. The van der Waals surface area contributed by atoms with Crippen LogP contribution in [0.4, 0.5) is 13.6 Å². The van der Waals surface area contributed by atoms with Crippen LogP contribution < -0.4 is 20.2 Å². The molecule has 2 aromatic rings. The Morgan fingerprint density at radius 3 is 2.21 bits per heavy atom. The second-order valence-electron chi connectivity index (χ2n) is 6.27. The van der Waals surface area contributed by atoms with E-state index in [0.29, 0.717) is 16.3 Å². The van der Waals surface area contributed by atoms with Crippen molar-refractivity contribution in [1.29, 1.82) is 0 Å². The first-order chi connectivity index (χ1) is 13.7. The lowest BCUT2D eigenvalue weighted by Gasteiger charge is -2.22. The summed E-state index contributed by atoms with van der Waals surface area (Å²) < 4.78 is 33.7. The zero-order valence-corrected chi connectivity index (χ0v) is 15.4. The predicted molar refractivity (Wildman–Crippen MR) is 96.3 cm³/mol. The highest BCUT2D eigenvalue weighted by molar-refractivity contribution is 6.09. The maximum Gasteiger partial charge on any atom is 0.387 e. The molecular weight excluding hydrogens is 388 g/mol. The van der Waals surface area contributed by atoms with Crippen LogP contribution in [0.3, 0.4) is 0 Å². The Morgan fingerprint density at radius 1 is 1.07 bits per heavy atom. The second-order valence-corrected chi connectivity index (χ2v) is 6.27. The lowest BCUT2D eigenvalue weighted by atomic mass is 9.92. The number of benzene rings is 2. The Kier molecular flexibility index (Phi) is 5.35. The van der Waals surface area contributed by atoms with Crippen LogP contribution in [-0.4, -0.2) is 36.6 Å². The summed E-state index contributed by atoms with van der Waals surface area (Å²) in [6, 6.07) is 10.5. The van der Waals surface area contributed by atoms with Crippen LogP contribution in [0.5, 0.6) is 11.5 Å². The largest absolute Gasteiger partial charge is 0.497 e. The van der Waals surface area contributed by atoms with E-state index in [1.807, 2.05) is 0 Å². The van der Waals surface area contributed by atoms with Crippen LogP contribution in [-0.2, 0) is 10.3 Å². The number of carbonyl (C=O) groups excluding carboxylic acids is 3. The van der Waals surface area contributed by atoms with Crippen molar-refractivity contribution in [3.05, 3.63) is 59.7 Å². The molecule has 0 spiro atoms. The number of halogens is 2. The van der Waals surface area contributed by atoms with Gasteiger partial charge < -0.3 is 14.8 Å². The fourth-order valence-corrected chi connectivity index (χ4v) is 2.81. The van der Waals surface area contributed by atoms with Crippen LogP contribution in [0.25, 0.3) is 0 Å². The number of methoxy groups -OCH3 is 1. The summed E-state index contributed by atoms with van der Waals surface area (Å²) in [6.45, 7) is -1.48. The minimum atomic E-state index is -2.99. The highest BCUT2D eigenvalue weighted by Crippen LogP contribution is 2.29. The molecule has 0 aromatic heterocycles. The molecule has 8 nitrogen and oxygen atoms in total. The SMILES string of the molecule is COc1ccc([C@@]2(C)NC(=O)N(NC(=O)c3ccc(OC(F)F)cc3)C2=O)cc1. The average molecular weight is 405 g/mol. The minimum Gasteiger partial charge on any atom is -0.497 e. The summed E-state index contributed by atoms with van der Waals surface area (Å²) in [6.07, 6.45) is 0. The maximum absolute atomic E-state index is 12.8. The molecule has 2 N–H and O–H groups in total. The summed E-state index contributed by atoms with van der Waals surface area (Å²) in [5, 5.41) is 3.13. The summed E-state index contributed by atoms with van der Waals surface area (Å²) in [4.78, 5) is 37.5. The van der Waals surface area contributed by atoms with Gasteiger partial charge >= 0.3 is 12.6 Å². The van der Waals surface area contributed by atoms with Crippen molar-refractivity contribution in [3.63, 3.8) is 0 Å². The highest BCUT2D eigenvalue weighted by Gasteiger charge is 2.50. The summed E-state index contributed by atoms with van der Waals surface area (Å²) in [5.74, 6) is -0.994. The van der Waals surface area contributed by atoms with Crippen molar-refractivity contribution < 1.29 is 32.6 Å². The van der Waals surface area contributed by atoms with Crippen LogP contribution in [0, 0.1) is 0 Å². The Morgan fingerprint density at radius 2 is 1.66 bits per heavy atom. The summed E-state index contributed by atoms with van der Waals surface area (Å²) in [5.41, 5.74) is 1.39. The van der Waals surface area contributed by atoms with Gasteiger partial charge in [0.15, 0.2) is 0 Å². The Bertz CT molecular complexity index is 934. The van der Waals surface area contributed by atoms with Gasteiger partial charge in [-0.3, -0.25) is 15.0 Å². The molecule has 0 saturated carbocycles. The lowest BCUT2D eigenvalue weighted by Crippen LogP contribution is -2.47. The molecule has 3 rings (SSSR count). The van der Waals surface area contributed by atoms with Crippen LogP contribution in [0.15, 0.2) is 48.5 Å². The third-order valence-electron chi connectivity index (χ3n) is 4.41. The van der Waals surface area contributed by atoms with Crippen molar-refractivity contribution in [2.45, 2.75) is 19.1 Å². The number of imide groups is 1. The van der Waals surface area contributed by atoms with E-state index < -0.39 is 30.0 Å². The van der Waals surface area contributed by atoms with E-state index in [-0.39, 0.29) is 11.3 Å². The van der Waals surface area contributed by atoms with Gasteiger partial charge in [0, 0.05) is 5.56 Å². The van der Waals surface area contributed by atoms with E-state index in [1.54, 1.807) is 24.3 Å². The topological polar surface area (TPSA) is 97.0 Å². The van der Waals surface area contributed by atoms with E-state index in [4.69, 9.17) is 4.74 Å². The molecule has 10 heteroatoms. The molecule has 0 aliphatic carbocycles. The van der Waals surface area contributed by atoms with Crippen molar-refractivity contribution in [2.24, 2.45) is 0 Å². The number of amides is 4. The second kappa shape index (κ2) is 7.74. The van der Waals surface area contributed by atoms with Gasteiger partial charge in [-0.2, -0.15) is 13.8 Å². The van der Waals surface area contributed by atoms with Gasteiger partial charge in [0.05, 0.1) is 7.11 Å². The highest BCUT2D eigenvalue weighted by atomic mass is 19.3. The molecule has 1 saturated heterocycles. The first kappa shape index (κ1) is 20.1. The van der Waals surface area contributed by atoms with Gasteiger partial charge in [0.25, 0.3) is 11.8 Å². The Labute approximate surface area is 164 Å². The molecule has 0 bridgehead atoms. The predicted octanol–water partition coefficient (Wildman–Crippen LogP) is 2.41. The zero-order chi connectivity index (χ0) is 21.2. The third-order valence-corrected chi connectivity index (χ3v) is 4.41. The number of ether oxygens (including phenoxy) is 2. The quantitative estimate of drug-likeness (QED) is 0.720. The van der Waals surface area contributed by atoms with Gasteiger partial charge in [-0.15, -0.1) is 0 Å². The third kappa shape index (κ3) is 3.96. The molecular formula is C19H17F2N3O5. The molecule has 0 unspecified atom stereocenters. The van der Waals surface area contributed by atoms with Crippen molar-refractivity contribution in [1.82, 2.24) is 15.8 Å². The van der Waals surface area contributed by atoms with Gasteiger partial charge in [0.1, 0.15) is 17.0 Å². The zero-order valence-electron chi connectivity index (χ0n) is 15.4. The molecule has 1 heterocycles. The van der Waals surface area contributed by atoms with Crippen molar-refractivity contribution in [2.75, 3.05) is 7.11 Å². The van der Waals surface area contributed by atoms with Gasteiger partial charge in [-0.25, -0.2) is 4.79 Å². The molecule has 1 atom stereocenters. The van der Waals surface area contributed by atoms with Gasteiger partial charge in [-0.05, 0) is 48.9 Å². The smallest absolute Gasteiger partial charge is 0.387 e. The maximum atomic E-state index is 12.8. The van der Waals surface area contributed by atoms with E-state index in [0.717, 1.165) is 0 Å². The number of nitrogens with zero attached hydrogens (tertiary/aromatic N) is 1. The number of urea groups is 1. The first-order valence-electron chi connectivity index (χ1n) is 8.41. The molecule has 4 amide bonds. The van der Waals surface area contributed by atoms with Crippen molar-refractivity contribution in [3.8, 4) is 11.5 Å². The Hall–Kier alpha value is -3.69. The number of nitrogens with one attached hydrogen (secondary N) is 2. The molecule has 1 aliphatic heterocycles. The monoisotopic (exact) mass is 405 g/mol. The number of hydrogen-bond acceptors (Lipinski definition) is 5. The van der Waals surface area contributed by atoms with Crippen LogP contribution >= 0.6 is 0 Å². The lowest BCUT2D eigenvalue weighted by molar-refractivity contribution is -0.132. The number of hydrazine groups is 1. The summed E-state index contributed by atoms with van der Waals surface area (Å²) >= 11 is 0. The van der Waals surface area contributed by atoms with Gasteiger partial charge in [0.2, 0.25) is 0 Å². The molecule has 2 aromatic carbocycles. The minimum absolute atomic E-state index is 0.0465. The number of carbonyl (C=O) groups is 3. The normalized spacial score (nSPS) is 18.6. The van der Waals surface area contributed by atoms with E-state index >= 15 is 0 Å². The van der Waals surface area contributed by atoms with E-state index in [2.05, 4.69) is 15.5 Å². The Balaban J connectivity index is 1.74. The molecule has 152 valence electrons. The number of rotatable bonds is 6. The average Bonchev–Trinajstić information content (AvgIpc) is 2.92. The molecule has 1 fully saturated rings. The number of alkyl halides is 2. The summed E-state index contributed by atoms with van der Waals surface area (Å²) in [7, 11) is 1.50. The standard InChI is InChI=1S/C19H17F2N3O5/c1-19(12-5-9-13(28-2)10-6-12)16(26)24(18(27)22-19)23-15(25)11-3-7-14(8-4-11)29-17(20)21/h3-10,17H,1-2H3,(H,22,27)(H,23,25)/t19-/m1/s1. The van der Waals surface area contributed by atoms with E-state index in [1.165, 1.54) is 38.3 Å². The van der Waals surface area contributed by atoms with Crippen LogP contribution in [0.1, 0.15) is 22.8 Å². The van der Waals surface area contributed by atoms with Crippen LogP contribution in [0.2, 0.25) is 0 Å². The first-order valence-corrected chi connectivity index (χ1v) is 8.41. The van der Waals surface area contributed by atoms with Gasteiger partial charge in [-0.1, -0.05) is 12.1 Å². The van der Waals surface area contributed by atoms with Crippen molar-refractivity contribution >= 4 is 17.8 Å². The van der Waals surface area contributed by atoms with E-state index in [9.17, 15) is 23.2 Å². The molecule has 29 heavy (non-hydrogen) atoms.